The van der Waals surface area contributed by atoms with Gasteiger partial charge in [0.2, 0.25) is 5.91 Å². The van der Waals surface area contributed by atoms with Crippen LogP contribution in [0.3, 0.4) is 0 Å². The van der Waals surface area contributed by atoms with Gasteiger partial charge in [-0.3, -0.25) is 4.79 Å². The van der Waals surface area contributed by atoms with Crippen LogP contribution in [-0.4, -0.2) is 25.1 Å². The van der Waals surface area contributed by atoms with Crippen molar-refractivity contribution in [2.75, 3.05) is 5.32 Å². The Bertz CT molecular complexity index is 1440. The highest BCUT2D eigenvalue weighted by molar-refractivity contribution is 5.92. The van der Waals surface area contributed by atoms with Crippen molar-refractivity contribution >= 4 is 17.2 Å². The second-order valence-corrected chi connectivity index (χ2v) is 8.25. The van der Waals surface area contributed by atoms with E-state index in [0.717, 1.165) is 33.5 Å². The van der Waals surface area contributed by atoms with E-state index < -0.39 is 23.3 Å². The molecule has 4 aromatic rings. The number of carbonyl (C=O) groups excluding carboxylic acids is 1. The summed E-state index contributed by atoms with van der Waals surface area (Å²) in [7, 11) is 0. The van der Waals surface area contributed by atoms with Crippen LogP contribution in [0.2, 0.25) is 0 Å². The van der Waals surface area contributed by atoms with Crippen LogP contribution >= 0.6 is 0 Å². The fourth-order valence-corrected chi connectivity index (χ4v) is 3.95. The van der Waals surface area contributed by atoms with Gasteiger partial charge in [-0.1, -0.05) is 29.8 Å². The molecule has 0 aliphatic carbocycles. The number of halogens is 3. The number of amides is 1. The number of fused-ring (bicyclic) bond motifs is 1. The third-order valence-electron chi connectivity index (χ3n) is 5.40. The van der Waals surface area contributed by atoms with Gasteiger partial charge >= 0.3 is 11.9 Å². The first-order valence-electron chi connectivity index (χ1n) is 10.5. The van der Waals surface area contributed by atoms with Crippen molar-refractivity contribution in [2.24, 2.45) is 0 Å². The number of aryl methyl sites for hydroxylation is 4. The molecule has 10 heteroatoms. The number of rotatable bonds is 4. The highest BCUT2D eigenvalue weighted by atomic mass is 19.4. The molecular formula is C24H22F3N5O2. The molecule has 0 aliphatic heterocycles. The summed E-state index contributed by atoms with van der Waals surface area (Å²) in [6, 6.07) is 9.83. The summed E-state index contributed by atoms with van der Waals surface area (Å²) in [6.07, 6.45) is -4.48. The first-order valence-corrected chi connectivity index (χ1v) is 10.5. The Morgan fingerprint density at radius 3 is 2.21 bits per heavy atom. The van der Waals surface area contributed by atoms with Crippen LogP contribution < -0.4 is 11.0 Å². The Kier molecular flexibility index (Phi) is 5.76. The van der Waals surface area contributed by atoms with E-state index in [4.69, 9.17) is 0 Å². The molecule has 0 bridgehead atoms. The van der Waals surface area contributed by atoms with Crippen LogP contribution in [0.4, 0.5) is 18.9 Å². The van der Waals surface area contributed by atoms with Crippen LogP contribution in [0.25, 0.3) is 17.0 Å². The molecule has 0 spiro atoms. The highest BCUT2D eigenvalue weighted by Gasteiger charge is 2.30. The van der Waals surface area contributed by atoms with Gasteiger partial charge in [-0.15, -0.1) is 5.10 Å². The maximum absolute atomic E-state index is 13.1. The molecule has 0 unspecified atom stereocenters. The van der Waals surface area contributed by atoms with Crippen molar-refractivity contribution in [3.05, 3.63) is 80.9 Å². The lowest BCUT2D eigenvalue weighted by atomic mass is 10.1. The Morgan fingerprint density at radius 2 is 1.62 bits per heavy atom. The zero-order valence-electron chi connectivity index (χ0n) is 19.0. The lowest BCUT2D eigenvalue weighted by Crippen LogP contribution is -2.29. The van der Waals surface area contributed by atoms with Crippen LogP contribution in [0, 0.1) is 27.7 Å². The van der Waals surface area contributed by atoms with E-state index in [0.29, 0.717) is 16.9 Å². The van der Waals surface area contributed by atoms with Gasteiger partial charge in [-0.25, -0.2) is 18.9 Å². The van der Waals surface area contributed by atoms with E-state index in [1.54, 1.807) is 13.0 Å². The van der Waals surface area contributed by atoms with Crippen LogP contribution in [0.15, 0.2) is 47.3 Å². The van der Waals surface area contributed by atoms with Gasteiger partial charge in [-0.2, -0.15) is 13.2 Å². The number of nitrogens with zero attached hydrogens (tertiary/aromatic N) is 4. The lowest BCUT2D eigenvalue weighted by molar-refractivity contribution is -0.137. The van der Waals surface area contributed by atoms with Crippen molar-refractivity contribution in [3.8, 4) is 11.4 Å². The predicted octanol–water partition coefficient (Wildman–Crippen LogP) is 4.45. The number of benzene rings is 2. The Balaban J connectivity index is 1.69. The summed E-state index contributed by atoms with van der Waals surface area (Å²) in [5.41, 5.74) is 3.21. The molecule has 0 aliphatic rings. The van der Waals surface area contributed by atoms with Crippen molar-refractivity contribution in [1.82, 2.24) is 19.2 Å². The number of hydrogen-bond donors (Lipinski definition) is 1. The summed E-state index contributed by atoms with van der Waals surface area (Å²) >= 11 is 0. The molecule has 2 aromatic carbocycles. The van der Waals surface area contributed by atoms with E-state index in [2.05, 4.69) is 15.4 Å². The van der Waals surface area contributed by atoms with Crippen LogP contribution in [0.5, 0.6) is 0 Å². The summed E-state index contributed by atoms with van der Waals surface area (Å²) in [5, 5.41) is 7.08. The molecule has 1 N–H and O–H groups in total. The maximum atomic E-state index is 13.1. The van der Waals surface area contributed by atoms with E-state index in [-0.39, 0.29) is 18.0 Å². The Hall–Kier alpha value is -3.95. The molecule has 7 nitrogen and oxygen atoms in total. The minimum atomic E-state index is -4.48. The molecule has 1 amide bonds. The van der Waals surface area contributed by atoms with Crippen molar-refractivity contribution in [3.63, 3.8) is 0 Å². The Labute approximate surface area is 192 Å². The molecule has 4 rings (SSSR count). The minimum absolute atomic E-state index is 0.144. The van der Waals surface area contributed by atoms with Crippen molar-refractivity contribution in [2.45, 2.75) is 40.4 Å². The zero-order valence-corrected chi connectivity index (χ0v) is 19.0. The second kappa shape index (κ2) is 8.44. The molecule has 0 radical (unpaired) electrons. The van der Waals surface area contributed by atoms with E-state index in [1.807, 2.05) is 32.9 Å². The van der Waals surface area contributed by atoms with Crippen LogP contribution in [0.1, 0.15) is 27.9 Å². The molecule has 2 heterocycles. The molecular weight excluding hydrogens is 447 g/mol. The number of carbonyl (C=O) groups is 1. The second-order valence-electron chi connectivity index (χ2n) is 8.25. The number of aromatic nitrogens is 4. The van der Waals surface area contributed by atoms with Gasteiger partial charge in [-0.05, 0) is 51.0 Å². The normalized spacial score (nSPS) is 11.7. The molecule has 34 heavy (non-hydrogen) atoms. The summed E-state index contributed by atoms with van der Waals surface area (Å²) < 4.78 is 41.0. The zero-order chi connectivity index (χ0) is 24.8. The summed E-state index contributed by atoms with van der Waals surface area (Å²) in [5.74, 6) is -0.285. The molecule has 176 valence electrons. The van der Waals surface area contributed by atoms with Gasteiger partial charge in [0.25, 0.3) is 0 Å². The first-order chi connectivity index (χ1) is 15.9. The Morgan fingerprint density at radius 1 is 1.00 bits per heavy atom. The molecule has 0 fully saturated rings. The third-order valence-corrected chi connectivity index (χ3v) is 5.40. The van der Waals surface area contributed by atoms with E-state index in [1.165, 1.54) is 16.5 Å². The van der Waals surface area contributed by atoms with E-state index >= 15 is 0 Å². The van der Waals surface area contributed by atoms with Gasteiger partial charge in [0, 0.05) is 23.0 Å². The van der Waals surface area contributed by atoms with Gasteiger partial charge < -0.3 is 5.32 Å². The number of hydrogen-bond acceptors (Lipinski definition) is 4. The number of nitrogens with one attached hydrogen (secondary N) is 1. The summed E-state index contributed by atoms with van der Waals surface area (Å²) in [6.45, 7) is 7.09. The number of anilines is 1. The summed E-state index contributed by atoms with van der Waals surface area (Å²) in [4.78, 5) is 30.1. The van der Waals surface area contributed by atoms with Crippen molar-refractivity contribution < 1.29 is 18.0 Å². The van der Waals surface area contributed by atoms with Gasteiger partial charge in [0.1, 0.15) is 12.4 Å². The topological polar surface area (TPSA) is 81.3 Å². The standard InChI is InChI=1S/C24H22F3N5O2/c1-13-9-14(2)21(15(3)10-13)29-20(33)12-31-23(34)32-19(30-31)11-16(4)28-22(32)17-5-7-18(8-6-17)24(25,26)27/h5-11H,12H2,1-4H3,(H,29,33). The minimum Gasteiger partial charge on any atom is -0.324 e. The lowest BCUT2D eigenvalue weighted by Gasteiger charge is -2.12. The quantitative estimate of drug-likeness (QED) is 0.479. The number of alkyl halides is 3. The molecule has 0 atom stereocenters. The average molecular weight is 469 g/mol. The monoisotopic (exact) mass is 469 g/mol. The maximum Gasteiger partial charge on any atom is 0.416 e. The largest absolute Gasteiger partial charge is 0.416 e. The molecule has 0 saturated carbocycles. The average Bonchev–Trinajstić information content (AvgIpc) is 3.04. The smallest absolute Gasteiger partial charge is 0.324 e. The molecule has 2 aromatic heterocycles. The van der Waals surface area contributed by atoms with Crippen LogP contribution in [-0.2, 0) is 17.5 Å². The fraction of sp³-hybridized carbons (Fsp3) is 0.250. The first kappa shape index (κ1) is 23.2. The fourth-order valence-electron chi connectivity index (χ4n) is 3.95. The highest BCUT2D eigenvalue weighted by Crippen LogP contribution is 2.30. The van der Waals surface area contributed by atoms with E-state index in [9.17, 15) is 22.8 Å². The third kappa shape index (κ3) is 4.43. The molecule has 0 saturated heterocycles. The van der Waals surface area contributed by atoms with Gasteiger partial charge in [0.05, 0.1) is 5.56 Å². The van der Waals surface area contributed by atoms with Gasteiger partial charge in [0.15, 0.2) is 5.65 Å². The SMILES string of the molecule is Cc1cc(C)c(NC(=O)Cn2nc3cc(C)nc(-c4ccc(C(F)(F)F)cc4)n3c2=O)c(C)c1. The van der Waals surface area contributed by atoms with Crippen molar-refractivity contribution in [1.29, 1.82) is 0 Å². The predicted molar refractivity (Wildman–Crippen MR) is 122 cm³/mol.